The van der Waals surface area contributed by atoms with E-state index >= 15 is 0 Å². The van der Waals surface area contributed by atoms with Crippen LogP contribution in [-0.4, -0.2) is 11.5 Å². The summed E-state index contributed by atoms with van der Waals surface area (Å²) in [5, 5.41) is 0. The predicted molar refractivity (Wildman–Crippen MR) is 52.3 cm³/mol. The van der Waals surface area contributed by atoms with Crippen molar-refractivity contribution in [2.45, 2.75) is 0 Å². The van der Waals surface area contributed by atoms with E-state index in [1.54, 1.807) is 4.52 Å². The lowest BCUT2D eigenvalue weighted by atomic mass is 11.6. The number of hydrogen-bond acceptors (Lipinski definition) is 2. The van der Waals surface area contributed by atoms with Crippen LogP contribution >= 0.6 is 21.4 Å². The molecule has 0 aromatic carbocycles. The molecule has 0 spiro atoms. The van der Waals surface area contributed by atoms with E-state index in [9.17, 15) is 25.2 Å². The smallest absolute Gasteiger partial charge is 0.164 e. The molecule has 0 amide bonds. The second kappa shape index (κ2) is 4.52. The zero-order valence-electron chi connectivity index (χ0n) is 6.32. The summed E-state index contributed by atoms with van der Waals surface area (Å²) in [5.74, 6) is 0. The van der Waals surface area contributed by atoms with Crippen molar-refractivity contribution in [1.29, 1.82) is 0 Å². The van der Waals surface area contributed by atoms with Crippen LogP contribution in [0.25, 0.3) is 0 Å². The summed E-state index contributed by atoms with van der Waals surface area (Å²) in [5.41, 5.74) is 0. The van der Waals surface area contributed by atoms with Crippen molar-refractivity contribution >= 4 is 45.1 Å². The molecule has 0 bridgehead atoms. The molecule has 0 aliphatic rings. The van der Waals surface area contributed by atoms with Crippen molar-refractivity contribution in [1.82, 2.24) is 4.44 Å². The minimum Gasteiger partial charge on any atom is -0.164 e. The average molecular weight is 314 g/mol. The number of rotatable bonds is 3. The Morgan fingerprint density at radius 1 is 1.00 bits per heavy atom. The predicted octanol–water partition coefficient (Wildman–Crippen LogP) is 5.13. The van der Waals surface area contributed by atoms with Gasteiger partial charge in [0.1, 0.15) is 0 Å². The molecule has 0 aromatic rings. The maximum Gasteiger partial charge on any atom is 0.388 e. The lowest BCUT2D eigenvalue weighted by Gasteiger charge is -2.18. The quantitative estimate of drug-likeness (QED) is 0.530. The van der Waals surface area contributed by atoms with Gasteiger partial charge in [-0.2, -0.15) is 25.2 Å². The van der Waals surface area contributed by atoms with E-state index < -0.39 is 25.9 Å². The Kier molecular flexibility index (Phi) is 4.86. The van der Waals surface area contributed by atoms with E-state index in [2.05, 4.69) is 23.6 Å². The van der Waals surface area contributed by atoms with Crippen LogP contribution in [0.5, 0.6) is 0 Å². The molecule has 14 heavy (non-hydrogen) atoms. The van der Waals surface area contributed by atoms with E-state index in [0.717, 1.165) is 0 Å². The first-order chi connectivity index (χ1) is 5.86. The van der Waals surface area contributed by atoms with Gasteiger partial charge >= 0.3 is 21.4 Å². The average Bonchev–Trinajstić information content (AvgIpc) is 1.78. The third-order valence-electron chi connectivity index (χ3n) is 0.897. The van der Waals surface area contributed by atoms with Crippen LogP contribution in [-0.2, 0) is 23.6 Å². The molecule has 0 atom stereocenters. The highest BCUT2D eigenvalue weighted by molar-refractivity contribution is 8.12. The molecule has 86 valence electrons. The molecule has 0 heterocycles. The van der Waals surface area contributed by atoms with Gasteiger partial charge in [-0.3, -0.25) is 0 Å². The Morgan fingerprint density at radius 3 is 1.57 bits per heavy atom. The zero-order valence-corrected chi connectivity index (χ0v) is 10.6. The third-order valence-corrected chi connectivity index (χ3v) is 7.04. The molecule has 0 fully saturated rings. The molecule has 0 radical (unpaired) electrons. The molecule has 0 saturated heterocycles. The highest BCUT2D eigenvalue weighted by atomic mass is 32.5. The molecule has 0 rings (SSSR count). The van der Waals surface area contributed by atoms with Gasteiger partial charge in [0.2, 0.25) is 0 Å². The second-order valence-corrected chi connectivity index (χ2v) is 9.42. The van der Waals surface area contributed by atoms with E-state index in [1.807, 2.05) is 0 Å². The first-order valence-electron chi connectivity index (χ1n) is 2.63. The van der Waals surface area contributed by atoms with Crippen molar-refractivity contribution in [2.24, 2.45) is 4.52 Å². The van der Waals surface area contributed by atoms with Gasteiger partial charge in [-0.25, -0.2) is 0 Å². The summed E-state index contributed by atoms with van der Waals surface area (Å²) in [7, 11) is -5.66. The van der Waals surface area contributed by atoms with Crippen LogP contribution in [0.1, 0.15) is 0 Å². The van der Waals surface area contributed by atoms with Crippen LogP contribution < -0.4 is 0 Å². The number of nitrogens with zero attached hydrogens (tertiary/aromatic N) is 2. The molecule has 0 aromatic heterocycles. The molecule has 0 unspecified atom stereocenters. The normalized spacial score (nSPS) is 14.6. The van der Waals surface area contributed by atoms with Gasteiger partial charge in [0, 0.05) is 7.05 Å². The minimum atomic E-state index is -5.93. The fourth-order valence-electron chi connectivity index (χ4n) is 0.308. The summed E-state index contributed by atoms with van der Waals surface area (Å²) in [4.78, 5) is 0. The van der Waals surface area contributed by atoms with E-state index in [4.69, 9.17) is 0 Å². The van der Waals surface area contributed by atoms with Gasteiger partial charge in [-0.15, -0.1) is 8.96 Å². The molecule has 0 saturated carbocycles. The fourth-order valence-corrected chi connectivity index (χ4v) is 4.68. The van der Waals surface area contributed by atoms with Gasteiger partial charge in [0.05, 0.1) is 0 Å². The van der Waals surface area contributed by atoms with Gasteiger partial charge in [-0.1, -0.05) is 0 Å². The second-order valence-electron chi connectivity index (χ2n) is 1.90. The topological polar surface area (TPSA) is 15.6 Å². The monoisotopic (exact) mass is 314 g/mol. The largest absolute Gasteiger partial charge is 0.388 e. The van der Waals surface area contributed by atoms with Crippen LogP contribution in [0.15, 0.2) is 4.52 Å². The Morgan fingerprint density at radius 2 is 1.36 bits per heavy atom. The highest BCUT2D eigenvalue weighted by Gasteiger charge is 2.39. The van der Waals surface area contributed by atoms with Gasteiger partial charge < -0.3 is 0 Å². The minimum absolute atomic E-state index is 0.267. The lowest BCUT2D eigenvalue weighted by molar-refractivity contribution is 0.569. The standard InChI is InChI=1S/CH3F6N2P3S2/c1-9(12(6,7)14)10(2,3)8-11(4,5)13/h1H3. The van der Waals surface area contributed by atoms with Crippen molar-refractivity contribution < 1.29 is 25.2 Å². The summed E-state index contributed by atoms with van der Waals surface area (Å²) in [6.45, 7) is -11.0. The number of hydrogen-bond donors (Lipinski definition) is 0. The Hall–Kier alpha value is 1.07. The van der Waals surface area contributed by atoms with Crippen LogP contribution in [0.4, 0.5) is 25.2 Å². The van der Waals surface area contributed by atoms with Crippen molar-refractivity contribution in [2.75, 3.05) is 7.05 Å². The van der Waals surface area contributed by atoms with Gasteiger partial charge in [0.15, 0.2) is 0 Å². The molecule has 0 aliphatic carbocycles. The maximum atomic E-state index is 12.6. The van der Waals surface area contributed by atoms with Crippen molar-refractivity contribution in [3.05, 3.63) is 0 Å². The zero-order chi connectivity index (χ0) is 11.8. The molecule has 13 heteroatoms. The Balaban J connectivity index is 5.29. The Bertz CT molecular complexity index is 350. The summed E-state index contributed by atoms with van der Waals surface area (Å²) >= 11 is 6.81. The van der Waals surface area contributed by atoms with Gasteiger partial charge in [0.25, 0.3) is 0 Å². The first-order valence-corrected chi connectivity index (χ1v) is 9.18. The van der Waals surface area contributed by atoms with Gasteiger partial charge in [-0.05, 0) is 23.6 Å². The summed E-state index contributed by atoms with van der Waals surface area (Å²) in [6.07, 6.45) is 0. The summed E-state index contributed by atoms with van der Waals surface area (Å²) in [6, 6.07) is 0. The SMILES string of the molecule is CN(P(F)(F)=S)P(F)(F)=NP(F)(F)=S. The van der Waals surface area contributed by atoms with Crippen LogP contribution in [0.2, 0.25) is 0 Å². The van der Waals surface area contributed by atoms with Crippen LogP contribution in [0.3, 0.4) is 0 Å². The van der Waals surface area contributed by atoms with E-state index in [1.165, 1.54) is 0 Å². The van der Waals surface area contributed by atoms with Crippen molar-refractivity contribution in [3.8, 4) is 0 Å². The molecular formula is CH3F6N2P3S2. The van der Waals surface area contributed by atoms with Crippen molar-refractivity contribution in [3.63, 3.8) is 0 Å². The summed E-state index contributed by atoms with van der Waals surface area (Å²) < 4.78 is 74.6. The highest BCUT2D eigenvalue weighted by Crippen LogP contribution is 2.75. The molecule has 0 aliphatic heterocycles. The molecule has 2 nitrogen and oxygen atoms in total. The number of halogens is 6. The Labute approximate surface area is 86.6 Å². The first kappa shape index (κ1) is 15.1. The third kappa shape index (κ3) is 5.24. The van der Waals surface area contributed by atoms with Crippen LogP contribution in [0, 0.1) is 0 Å². The maximum absolute atomic E-state index is 12.6. The lowest BCUT2D eigenvalue weighted by Crippen LogP contribution is -2.01. The van der Waals surface area contributed by atoms with E-state index in [0.29, 0.717) is 0 Å². The fraction of sp³-hybridized carbons (Fsp3) is 1.00. The van der Waals surface area contributed by atoms with E-state index in [-0.39, 0.29) is 7.05 Å². The molecular weight excluding hydrogens is 311 g/mol. The molecule has 0 N–H and O–H groups in total.